The van der Waals surface area contributed by atoms with Gasteiger partial charge in [0.05, 0.1) is 30.3 Å². The third kappa shape index (κ3) is 3.67. The Balaban J connectivity index is 2.18. The zero-order chi connectivity index (χ0) is 21.1. The number of nitrogens with zero attached hydrogens (tertiary/aromatic N) is 2. The van der Waals surface area contributed by atoms with Crippen molar-refractivity contribution in [3.63, 3.8) is 0 Å². The van der Waals surface area contributed by atoms with Crippen LogP contribution in [0, 0.1) is 10.1 Å². The van der Waals surface area contributed by atoms with E-state index in [0.29, 0.717) is 5.75 Å². The molecule has 1 heterocycles. The Kier molecular flexibility index (Phi) is 5.60. The molecule has 0 radical (unpaired) electrons. The van der Waals surface area contributed by atoms with E-state index < -0.39 is 35.0 Å². The number of ether oxygens (including phenoxy) is 1. The van der Waals surface area contributed by atoms with Crippen molar-refractivity contribution in [2.24, 2.45) is 0 Å². The third-order valence-corrected chi connectivity index (χ3v) is 4.64. The summed E-state index contributed by atoms with van der Waals surface area (Å²) in [6.45, 7) is -0.585. The van der Waals surface area contributed by atoms with Crippen molar-refractivity contribution >= 4 is 23.1 Å². The maximum atomic E-state index is 12.7. The summed E-state index contributed by atoms with van der Waals surface area (Å²) in [6, 6.07) is 10.6. The molecule has 1 fully saturated rings. The molecule has 0 unspecified atom stereocenters. The van der Waals surface area contributed by atoms with E-state index in [1.165, 1.54) is 43.5 Å². The monoisotopic (exact) mass is 398 g/mol. The van der Waals surface area contributed by atoms with Crippen molar-refractivity contribution in [3.05, 3.63) is 75.3 Å². The van der Waals surface area contributed by atoms with E-state index in [0.717, 1.165) is 4.90 Å². The van der Waals surface area contributed by atoms with Gasteiger partial charge in [-0.05, 0) is 29.8 Å². The average Bonchev–Trinajstić information content (AvgIpc) is 2.98. The average molecular weight is 398 g/mol. The van der Waals surface area contributed by atoms with E-state index in [9.17, 15) is 29.9 Å². The van der Waals surface area contributed by atoms with Crippen molar-refractivity contribution in [1.82, 2.24) is 4.90 Å². The molecule has 1 atom stereocenters. The lowest BCUT2D eigenvalue weighted by atomic mass is 9.95. The molecule has 2 N–H and O–H groups in total. The number of non-ortho nitro benzene ring substituents is 1. The number of aliphatic hydroxyl groups is 2. The molecule has 29 heavy (non-hydrogen) atoms. The van der Waals surface area contributed by atoms with Crippen LogP contribution >= 0.6 is 0 Å². The highest BCUT2D eigenvalue weighted by Crippen LogP contribution is 2.40. The summed E-state index contributed by atoms with van der Waals surface area (Å²) in [7, 11) is 1.48. The Morgan fingerprint density at radius 2 is 1.90 bits per heavy atom. The Labute approximate surface area is 165 Å². The number of rotatable bonds is 6. The Bertz CT molecular complexity index is 998. The SMILES string of the molecule is COc1ccc(C(O)=C2C(=O)C(=O)N(CCO)[C@H]2c2cccc([N+](=O)[O-])c2)cc1. The molecule has 9 heteroatoms. The molecule has 1 aliphatic heterocycles. The second-order valence-corrected chi connectivity index (χ2v) is 6.30. The van der Waals surface area contributed by atoms with Crippen molar-refractivity contribution in [3.8, 4) is 5.75 Å². The van der Waals surface area contributed by atoms with Crippen LogP contribution < -0.4 is 4.74 Å². The number of carbonyl (C=O) groups excluding carboxylic acids is 2. The third-order valence-electron chi connectivity index (χ3n) is 4.64. The fourth-order valence-electron chi connectivity index (χ4n) is 3.28. The minimum absolute atomic E-state index is 0.169. The van der Waals surface area contributed by atoms with Gasteiger partial charge < -0.3 is 19.8 Å². The lowest BCUT2D eigenvalue weighted by Gasteiger charge is -2.24. The van der Waals surface area contributed by atoms with E-state index in [4.69, 9.17) is 4.74 Å². The summed E-state index contributed by atoms with van der Waals surface area (Å²) in [5, 5.41) is 31.3. The molecule has 2 aromatic carbocycles. The fourth-order valence-corrected chi connectivity index (χ4v) is 3.28. The van der Waals surface area contributed by atoms with Crippen LogP contribution in [-0.2, 0) is 9.59 Å². The number of carbonyl (C=O) groups is 2. The number of nitro groups is 1. The molecule has 1 aliphatic rings. The molecular weight excluding hydrogens is 380 g/mol. The van der Waals surface area contributed by atoms with Crippen LogP contribution in [-0.4, -0.2) is 52.0 Å². The number of Topliss-reactive ketones (excluding diaryl/α,β-unsaturated/α-hetero) is 1. The Morgan fingerprint density at radius 1 is 1.21 bits per heavy atom. The number of nitro benzene ring substituents is 1. The van der Waals surface area contributed by atoms with Crippen LogP contribution in [0.15, 0.2) is 54.1 Å². The Morgan fingerprint density at radius 3 is 2.48 bits per heavy atom. The second kappa shape index (κ2) is 8.11. The zero-order valence-electron chi connectivity index (χ0n) is 15.4. The van der Waals surface area contributed by atoms with Gasteiger partial charge in [0, 0.05) is 24.2 Å². The molecule has 9 nitrogen and oxygen atoms in total. The molecule has 1 amide bonds. The largest absolute Gasteiger partial charge is 0.507 e. The molecule has 0 aromatic heterocycles. The zero-order valence-corrected chi connectivity index (χ0v) is 15.4. The summed E-state index contributed by atoms with van der Waals surface area (Å²) < 4.78 is 5.07. The Hall–Kier alpha value is -3.72. The number of hydrogen-bond donors (Lipinski definition) is 2. The first kappa shape index (κ1) is 20.0. The van der Waals surface area contributed by atoms with Crippen LogP contribution in [0.1, 0.15) is 17.2 Å². The maximum absolute atomic E-state index is 12.7. The van der Waals surface area contributed by atoms with Crippen LogP contribution in [0.2, 0.25) is 0 Å². The van der Waals surface area contributed by atoms with Crippen molar-refractivity contribution in [1.29, 1.82) is 0 Å². The van der Waals surface area contributed by atoms with E-state index >= 15 is 0 Å². The summed E-state index contributed by atoms with van der Waals surface area (Å²) in [6.07, 6.45) is 0. The van der Waals surface area contributed by atoms with Gasteiger partial charge in [-0.1, -0.05) is 12.1 Å². The van der Waals surface area contributed by atoms with Gasteiger partial charge in [-0.2, -0.15) is 0 Å². The quantitative estimate of drug-likeness (QED) is 0.250. The normalized spacial score (nSPS) is 18.1. The van der Waals surface area contributed by atoms with Gasteiger partial charge in [0.2, 0.25) is 0 Å². The van der Waals surface area contributed by atoms with Crippen molar-refractivity contribution < 1.29 is 29.5 Å². The molecule has 1 saturated heterocycles. The van der Waals surface area contributed by atoms with Gasteiger partial charge in [-0.15, -0.1) is 0 Å². The van der Waals surface area contributed by atoms with Gasteiger partial charge in [-0.3, -0.25) is 19.7 Å². The number of likely N-dealkylation sites (tertiary alicyclic amines) is 1. The topological polar surface area (TPSA) is 130 Å². The van der Waals surface area contributed by atoms with Crippen LogP contribution in [0.25, 0.3) is 5.76 Å². The van der Waals surface area contributed by atoms with Gasteiger partial charge in [0.25, 0.3) is 17.4 Å². The molecule has 0 bridgehead atoms. The highest BCUT2D eigenvalue weighted by molar-refractivity contribution is 6.46. The highest BCUT2D eigenvalue weighted by atomic mass is 16.6. The van der Waals surface area contributed by atoms with E-state index in [-0.39, 0.29) is 28.9 Å². The van der Waals surface area contributed by atoms with Gasteiger partial charge in [0.1, 0.15) is 11.5 Å². The second-order valence-electron chi connectivity index (χ2n) is 6.30. The first-order valence-corrected chi connectivity index (χ1v) is 8.67. The van der Waals surface area contributed by atoms with Crippen LogP contribution in [0.5, 0.6) is 5.75 Å². The lowest BCUT2D eigenvalue weighted by molar-refractivity contribution is -0.384. The predicted octanol–water partition coefficient (Wildman–Crippen LogP) is 2.02. The van der Waals surface area contributed by atoms with Crippen molar-refractivity contribution in [2.75, 3.05) is 20.3 Å². The summed E-state index contributed by atoms with van der Waals surface area (Å²) >= 11 is 0. The van der Waals surface area contributed by atoms with Crippen LogP contribution in [0.4, 0.5) is 5.69 Å². The maximum Gasteiger partial charge on any atom is 0.295 e. The number of methoxy groups -OCH3 is 1. The smallest absolute Gasteiger partial charge is 0.295 e. The molecule has 0 saturated carbocycles. The molecular formula is C20H18N2O7. The highest BCUT2D eigenvalue weighted by Gasteiger charge is 2.46. The minimum Gasteiger partial charge on any atom is -0.507 e. The number of β-amino-alcohol motifs (C(OH)–C–C–N with tert-alkyl or cyclic N) is 1. The summed E-state index contributed by atoms with van der Waals surface area (Å²) in [5.41, 5.74) is 0.140. The van der Waals surface area contributed by atoms with Gasteiger partial charge in [-0.25, -0.2) is 0 Å². The van der Waals surface area contributed by atoms with Gasteiger partial charge >= 0.3 is 0 Å². The molecule has 0 spiro atoms. The summed E-state index contributed by atoms with van der Waals surface area (Å²) in [5.74, 6) is -1.70. The van der Waals surface area contributed by atoms with Gasteiger partial charge in [0.15, 0.2) is 0 Å². The van der Waals surface area contributed by atoms with Crippen molar-refractivity contribution in [2.45, 2.75) is 6.04 Å². The molecule has 3 rings (SSSR count). The number of aliphatic hydroxyl groups excluding tert-OH is 2. The van der Waals surface area contributed by atoms with E-state index in [1.807, 2.05) is 0 Å². The fraction of sp³-hybridized carbons (Fsp3) is 0.200. The standard InChI is InChI=1S/C20H18N2O7/c1-29-15-7-5-12(6-8-15)18(24)16-17(21(9-10-23)20(26)19(16)25)13-3-2-4-14(11-13)22(27)28/h2-8,11,17,23-24H,9-10H2,1H3/t17-/m0/s1. The molecule has 150 valence electrons. The van der Waals surface area contributed by atoms with Crippen LogP contribution in [0.3, 0.4) is 0 Å². The first-order chi connectivity index (χ1) is 13.9. The minimum atomic E-state index is -1.07. The van der Waals surface area contributed by atoms with E-state index in [1.54, 1.807) is 12.1 Å². The summed E-state index contributed by atoms with van der Waals surface area (Å²) in [4.78, 5) is 36.8. The molecule has 0 aliphatic carbocycles. The first-order valence-electron chi connectivity index (χ1n) is 8.67. The van der Waals surface area contributed by atoms with E-state index in [2.05, 4.69) is 0 Å². The lowest BCUT2D eigenvalue weighted by Crippen LogP contribution is -2.32. The number of benzene rings is 2. The predicted molar refractivity (Wildman–Crippen MR) is 102 cm³/mol. The number of amides is 1. The molecule has 2 aromatic rings. The number of hydrogen-bond acceptors (Lipinski definition) is 7. The number of ketones is 1.